The summed E-state index contributed by atoms with van der Waals surface area (Å²) >= 11 is 0. The first-order valence-corrected chi connectivity index (χ1v) is 5.74. The molecule has 2 heterocycles. The summed E-state index contributed by atoms with van der Waals surface area (Å²) in [6, 6.07) is 2.64. The van der Waals surface area contributed by atoms with E-state index >= 15 is 0 Å². The number of aromatic nitrogens is 2. The molecule has 1 unspecified atom stereocenters. The van der Waals surface area contributed by atoms with E-state index in [1.807, 2.05) is 6.07 Å². The Labute approximate surface area is 96.1 Å². The molecule has 0 spiro atoms. The second-order valence-electron chi connectivity index (χ2n) is 4.56. The highest BCUT2D eigenvalue weighted by Crippen LogP contribution is 2.19. The van der Waals surface area contributed by atoms with Gasteiger partial charge in [-0.05, 0) is 20.3 Å². The molecule has 0 radical (unpaired) electrons. The summed E-state index contributed by atoms with van der Waals surface area (Å²) in [7, 11) is 0. The van der Waals surface area contributed by atoms with Crippen molar-refractivity contribution in [2.75, 3.05) is 23.3 Å². The van der Waals surface area contributed by atoms with Gasteiger partial charge in [0, 0.05) is 31.2 Å². The second-order valence-corrected chi connectivity index (χ2v) is 4.56. The lowest BCUT2D eigenvalue weighted by atomic mass is 10.3. The summed E-state index contributed by atoms with van der Waals surface area (Å²) in [6.07, 6.45) is 2.64. The molecule has 1 aromatic rings. The molecule has 0 amide bonds. The van der Waals surface area contributed by atoms with Crippen LogP contribution >= 0.6 is 0 Å². The van der Waals surface area contributed by atoms with Crippen molar-refractivity contribution in [1.29, 1.82) is 0 Å². The molecular weight excluding hydrogens is 202 g/mol. The molecule has 0 aliphatic carbocycles. The Kier molecular flexibility index (Phi) is 3.24. The lowest BCUT2D eigenvalue weighted by molar-refractivity contribution is 0.751. The molecule has 1 saturated heterocycles. The van der Waals surface area contributed by atoms with Crippen LogP contribution < -0.4 is 16.0 Å². The Balaban J connectivity index is 2.09. The normalized spacial score (nSPS) is 20.5. The molecule has 1 aromatic heterocycles. The van der Waals surface area contributed by atoms with Crippen LogP contribution in [0, 0.1) is 0 Å². The summed E-state index contributed by atoms with van der Waals surface area (Å²) in [5, 5.41) is 3.27. The van der Waals surface area contributed by atoms with Crippen LogP contribution in [0.2, 0.25) is 0 Å². The molecular formula is C11H19N5. The maximum atomic E-state index is 5.88. The van der Waals surface area contributed by atoms with Crippen LogP contribution in [0.1, 0.15) is 20.3 Å². The Morgan fingerprint density at radius 1 is 1.50 bits per heavy atom. The average molecular weight is 221 g/mol. The van der Waals surface area contributed by atoms with E-state index in [1.165, 1.54) is 0 Å². The van der Waals surface area contributed by atoms with Crippen molar-refractivity contribution >= 4 is 11.6 Å². The smallest absolute Gasteiger partial charge is 0.134 e. The number of nitrogens with one attached hydrogen (secondary N) is 1. The first-order chi connectivity index (χ1) is 7.65. The highest BCUT2D eigenvalue weighted by atomic mass is 15.2. The molecule has 5 heteroatoms. The highest BCUT2D eigenvalue weighted by Gasteiger charge is 2.20. The van der Waals surface area contributed by atoms with Gasteiger partial charge in [0.05, 0.1) is 0 Å². The lowest BCUT2D eigenvalue weighted by Crippen LogP contribution is -2.27. The third kappa shape index (κ3) is 2.61. The molecule has 3 N–H and O–H groups in total. The Hall–Kier alpha value is -1.36. The van der Waals surface area contributed by atoms with Crippen LogP contribution in [-0.2, 0) is 0 Å². The van der Waals surface area contributed by atoms with Gasteiger partial charge in [-0.3, -0.25) is 0 Å². The first-order valence-electron chi connectivity index (χ1n) is 5.74. The summed E-state index contributed by atoms with van der Waals surface area (Å²) in [6.45, 7) is 6.05. The average Bonchev–Trinajstić information content (AvgIpc) is 2.64. The molecule has 2 rings (SSSR count). The summed E-state index contributed by atoms with van der Waals surface area (Å²) in [4.78, 5) is 10.7. The van der Waals surface area contributed by atoms with E-state index in [9.17, 15) is 0 Å². The lowest BCUT2D eigenvalue weighted by Gasteiger charge is -2.17. The van der Waals surface area contributed by atoms with E-state index < -0.39 is 0 Å². The van der Waals surface area contributed by atoms with Crippen molar-refractivity contribution in [3.63, 3.8) is 0 Å². The van der Waals surface area contributed by atoms with Crippen LogP contribution in [0.3, 0.4) is 0 Å². The first kappa shape index (κ1) is 11.1. The number of rotatable bonds is 3. The van der Waals surface area contributed by atoms with E-state index in [0.717, 1.165) is 31.1 Å². The molecule has 0 saturated carbocycles. The van der Waals surface area contributed by atoms with E-state index in [1.54, 1.807) is 6.33 Å². The van der Waals surface area contributed by atoms with Crippen molar-refractivity contribution < 1.29 is 0 Å². The van der Waals surface area contributed by atoms with Crippen LogP contribution in [0.25, 0.3) is 0 Å². The zero-order valence-corrected chi connectivity index (χ0v) is 9.85. The largest absolute Gasteiger partial charge is 0.368 e. The van der Waals surface area contributed by atoms with Gasteiger partial charge in [0.25, 0.3) is 0 Å². The van der Waals surface area contributed by atoms with Crippen molar-refractivity contribution in [1.82, 2.24) is 9.97 Å². The number of hydrogen-bond acceptors (Lipinski definition) is 5. The Morgan fingerprint density at radius 3 is 2.94 bits per heavy atom. The maximum absolute atomic E-state index is 5.88. The maximum Gasteiger partial charge on any atom is 0.134 e. The SMILES string of the molecule is CC(C)Nc1cc(N2CCC(N)C2)ncn1. The molecule has 1 atom stereocenters. The van der Waals surface area contributed by atoms with Gasteiger partial charge in [-0.25, -0.2) is 9.97 Å². The molecule has 16 heavy (non-hydrogen) atoms. The number of anilines is 2. The second kappa shape index (κ2) is 4.65. The van der Waals surface area contributed by atoms with Gasteiger partial charge in [-0.1, -0.05) is 0 Å². The fourth-order valence-corrected chi connectivity index (χ4v) is 1.89. The predicted molar refractivity (Wildman–Crippen MR) is 65.6 cm³/mol. The van der Waals surface area contributed by atoms with Gasteiger partial charge in [0.15, 0.2) is 0 Å². The zero-order valence-electron chi connectivity index (χ0n) is 9.85. The Morgan fingerprint density at radius 2 is 2.31 bits per heavy atom. The van der Waals surface area contributed by atoms with Gasteiger partial charge < -0.3 is 16.0 Å². The highest BCUT2D eigenvalue weighted by molar-refractivity contribution is 5.49. The predicted octanol–water partition coefficient (Wildman–Crippen LogP) is 0.834. The minimum atomic E-state index is 0.275. The van der Waals surface area contributed by atoms with Crippen LogP contribution in [0.15, 0.2) is 12.4 Å². The van der Waals surface area contributed by atoms with Crippen molar-refractivity contribution in [2.45, 2.75) is 32.4 Å². The number of nitrogens with zero attached hydrogens (tertiary/aromatic N) is 3. The molecule has 88 valence electrons. The van der Waals surface area contributed by atoms with Gasteiger partial charge >= 0.3 is 0 Å². The molecule has 1 fully saturated rings. The summed E-state index contributed by atoms with van der Waals surface area (Å²) < 4.78 is 0. The molecule has 0 bridgehead atoms. The van der Waals surface area contributed by atoms with Crippen molar-refractivity contribution in [3.05, 3.63) is 12.4 Å². The monoisotopic (exact) mass is 221 g/mol. The minimum Gasteiger partial charge on any atom is -0.368 e. The molecule has 1 aliphatic heterocycles. The van der Waals surface area contributed by atoms with Gasteiger partial charge in [-0.15, -0.1) is 0 Å². The summed E-state index contributed by atoms with van der Waals surface area (Å²) in [5.41, 5.74) is 5.88. The molecule has 5 nitrogen and oxygen atoms in total. The van der Waals surface area contributed by atoms with E-state index in [2.05, 4.69) is 34.0 Å². The quantitative estimate of drug-likeness (QED) is 0.791. The fraction of sp³-hybridized carbons (Fsp3) is 0.636. The number of nitrogens with two attached hydrogens (primary N) is 1. The Bertz CT molecular complexity index is 352. The van der Waals surface area contributed by atoms with Gasteiger partial charge in [0.1, 0.15) is 18.0 Å². The van der Waals surface area contributed by atoms with Crippen LogP contribution in [-0.4, -0.2) is 35.1 Å². The topological polar surface area (TPSA) is 67.1 Å². The van der Waals surface area contributed by atoms with Crippen LogP contribution in [0.4, 0.5) is 11.6 Å². The van der Waals surface area contributed by atoms with E-state index in [4.69, 9.17) is 5.73 Å². The standard InChI is InChI=1S/C11H19N5/c1-8(2)15-10-5-11(14-7-13-10)16-4-3-9(12)6-16/h5,7-9H,3-4,6,12H2,1-2H3,(H,13,14,15). The molecule has 1 aliphatic rings. The van der Waals surface area contributed by atoms with Gasteiger partial charge in [0.2, 0.25) is 0 Å². The summed E-state index contributed by atoms with van der Waals surface area (Å²) in [5.74, 6) is 1.84. The fourth-order valence-electron chi connectivity index (χ4n) is 1.89. The number of hydrogen-bond donors (Lipinski definition) is 2. The third-order valence-electron chi connectivity index (χ3n) is 2.64. The van der Waals surface area contributed by atoms with Gasteiger partial charge in [-0.2, -0.15) is 0 Å². The zero-order chi connectivity index (χ0) is 11.5. The van der Waals surface area contributed by atoms with Crippen LogP contribution in [0.5, 0.6) is 0 Å². The van der Waals surface area contributed by atoms with Crippen molar-refractivity contribution in [3.8, 4) is 0 Å². The van der Waals surface area contributed by atoms with E-state index in [-0.39, 0.29) is 6.04 Å². The van der Waals surface area contributed by atoms with E-state index in [0.29, 0.717) is 6.04 Å². The minimum absolute atomic E-state index is 0.275. The molecule has 0 aromatic carbocycles. The third-order valence-corrected chi connectivity index (χ3v) is 2.64. The van der Waals surface area contributed by atoms with Crippen molar-refractivity contribution in [2.24, 2.45) is 5.73 Å².